The van der Waals surface area contributed by atoms with Gasteiger partial charge in [-0.3, -0.25) is 9.69 Å². The number of carbonyl (C=O) groups excluding carboxylic acids is 1. The lowest BCUT2D eigenvalue weighted by Gasteiger charge is -2.38. The maximum Gasteiger partial charge on any atom is 0.240 e. The van der Waals surface area contributed by atoms with Gasteiger partial charge in [-0.25, -0.2) is 0 Å². The Kier molecular flexibility index (Phi) is 6.84. The van der Waals surface area contributed by atoms with Crippen LogP contribution in [0.15, 0.2) is 29.2 Å². The summed E-state index contributed by atoms with van der Waals surface area (Å²) in [4.78, 5) is 18.4. The molecule has 132 valence electrons. The molecule has 0 bridgehead atoms. The highest BCUT2D eigenvalue weighted by atomic mass is 35.5. The third kappa shape index (κ3) is 4.88. The van der Waals surface area contributed by atoms with Crippen LogP contribution in [0.2, 0.25) is 5.02 Å². The molecule has 0 radical (unpaired) electrons. The maximum atomic E-state index is 12.8. The number of nitrogens with zero attached hydrogens (tertiary/aromatic N) is 2. The first-order valence-electron chi connectivity index (χ1n) is 8.73. The minimum atomic E-state index is 0.0580. The van der Waals surface area contributed by atoms with Gasteiger partial charge in [0.2, 0.25) is 5.91 Å². The van der Waals surface area contributed by atoms with Gasteiger partial charge in [-0.1, -0.05) is 18.0 Å². The highest BCUT2D eigenvalue weighted by molar-refractivity contribution is 7.99. The number of halogens is 1. The number of morpholine rings is 1. The number of amides is 1. The number of likely N-dealkylation sites (tertiary alicyclic amines) is 1. The Hall–Kier alpha value is -0.750. The highest BCUT2D eigenvalue weighted by Crippen LogP contribution is 2.23. The molecule has 1 amide bonds. The van der Waals surface area contributed by atoms with Crippen LogP contribution in [-0.2, 0) is 9.53 Å². The quantitative estimate of drug-likeness (QED) is 0.747. The van der Waals surface area contributed by atoms with E-state index in [-0.39, 0.29) is 6.04 Å². The van der Waals surface area contributed by atoms with Gasteiger partial charge in [0, 0.05) is 35.3 Å². The van der Waals surface area contributed by atoms with Gasteiger partial charge in [0.15, 0.2) is 0 Å². The van der Waals surface area contributed by atoms with Crippen molar-refractivity contribution in [2.75, 3.05) is 45.1 Å². The van der Waals surface area contributed by atoms with Crippen LogP contribution in [0.5, 0.6) is 0 Å². The maximum absolute atomic E-state index is 12.8. The zero-order chi connectivity index (χ0) is 16.8. The Balaban J connectivity index is 1.52. The van der Waals surface area contributed by atoms with E-state index < -0.39 is 0 Å². The van der Waals surface area contributed by atoms with Crippen LogP contribution < -0.4 is 0 Å². The van der Waals surface area contributed by atoms with Gasteiger partial charge in [0.1, 0.15) is 0 Å². The molecule has 0 saturated carbocycles. The van der Waals surface area contributed by atoms with Crippen molar-refractivity contribution in [2.45, 2.75) is 30.2 Å². The summed E-state index contributed by atoms with van der Waals surface area (Å²) in [6, 6.07) is 8.02. The van der Waals surface area contributed by atoms with Gasteiger partial charge in [-0.15, -0.1) is 11.8 Å². The summed E-state index contributed by atoms with van der Waals surface area (Å²) < 4.78 is 5.37. The smallest absolute Gasteiger partial charge is 0.240 e. The first-order chi connectivity index (χ1) is 11.7. The first-order valence-corrected chi connectivity index (χ1v) is 10.1. The lowest BCUT2D eigenvalue weighted by molar-refractivity contribution is -0.142. The molecule has 2 saturated heterocycles. The summed E-state index contributed by atoms with van der Waals surface area (Å²) in [5, 5.41) is 0.770. The number of hydrogen-bond donors (Lipinski definition) is 0. The summed E-state index contributed by atoms with van der Waals surface area (Å²) in [7, 11) is 0. The molecule has 4 nitrogen and oxygen atoms in total. The fourth-order valence-corrected chi connectivity index (χ4v) is 4.36. The highest BCUT2D eigenvalue weighted by Gasteiger charge is 2.32. The van der Waals surface area contributed by atoms with Crippen molar-refractivity contribution in [3.05, 3.63) is 29.3 Å². The van der Waals surface area contributed by atoms with Crippen molar-refractivity contribution in [2.24, 2.45) is 0 Å². The fraction of sp³-hybridized carbons (Fsp3) is 0.611. The minimum absolute atomic E-state index is 0.0580. The Morgan fingerprint density at radius 3 is 2.67 bits per heavy atom. The predicted octanol–water partition coefficient (Wildman–Crippen LogP) is 3.15. The SMILES string of the molecule is O=C(C1CCCCN1CCSc1ccc(Cl)cc1)N1CCOCC1. The average molecular weight is 369 g/mol. The van der Waals surface area contributed by atoms with Crippen LogP contribution in [0.3, 0.4) is 0 Å². The van der Waals surface area contributed by atoms with Gasteiger partial charge in [0.05, 0.1) is 19.3 Å². The Labute approximate surface area is 153 Å². The number of piperidine rings is 1. The Morgan fingerprint density at radius 1 is 1.17 bits per heavy atom. The zero-order valence-electron chi connectivity index (χ0n) is 14.0. The summed E-state index contributed by atoms with van der Waals surface area (Å²) >= 11 is 7.75. The van der Waals surface area contributed by atoms with E-state index in [0.29, 0.717) is 19.1 Å². The van der Waals surface area contributed by atoms with Crippen molar-refractivity contribution >= 4 is 29.3 Å². The van der Waals surface area contributed by atoms with Gasteiger partial charge >= 0.3 is 0 Å². The third-order valence-electron chi connectivity index (χ3n) is 4.68. The monoisotopic (exact) mass is 368 g/mol. The molecule has 1 atom stereocenters. The molecule has 0 spiro atoms. The molecule has 2 aliphatic rings. The lowest BCUT2D eigenvalue weighted by atomic mass is 10.0. The number of benzene rings is 1. The molecular formula is C18H25ClN2O2S. The average Bonchev–Trinajstić information content (AvgIpc) is 2.64. The normalized spacial score (nSPS) is 22.5. The van der Waals surface area contributed by atoms with Crippen LogP contribution in [0.1, 0.15) is 19.3 Å². The number of rotatable bonds is 5. The Morgan fingerprint density at radius 2 is 1.92 bits per heavy atom. The number of hydrogen-bond acceptors (Lipinski definition) is 4. The third-order valence-corrected chi connectivity index (χ3v) is 5.93. The molecule has 0 N–H and O–H groups in total. The number of carbonyl (C=O) groups is 1. The number of thioether (sulfide) groups is 1. The molecule has 0 aliphatic carbocycles. The fourth-order valence-electron chi connectivity index (χ4n) is 3.34. The van der Waals surface area contributed by atoms with Crippen LogP contribution in [0, 0.1) is 0 Å². The molecule has 0 aromatic heterocycles. The summed E-state index contributed by atoms with van der Waals surface area (Å²) in [5.74, 6) is 1.30. The van der Waals surface area contributed by atoms with E-state index in [1.54, 1.807) is 0 Å². The molecule has 2 fully saturated rings. The first kappa shape index (κ1) is 18.1. The second-order valence-electron chi connectivity index (χ2n) is 6.29. The van der Waals surface area contributed by atoms with Gasteiger partial charge in [-0.2, -0.15) is 0 Å². The number of ether oxygens (including phenoxy) is 1. The standard InChI is InChI=1S/C18H25ClN2O2S/c19-15-4-6-16(7-5-15)24-14-11-20-8-2-1-3-17(20)18(22)21-9-12-23-13-10-21/h4-7,17H,1-3,8-14H2. The van der Waals surface area contributed by atoms with Gasteiger partial charge < -0.3 is 9.64 Å². The van der Waals surface area contributed by atoms with Gasteiger partial charge in [0.25, 0.3) is 0 Å². The van der Waals surface area contributed by atoms with E-state index in [1.165, 1.54) is 11.3 Å². The molecule has 2 heterocycles. The van der Waals surface area contributed by atoms with Crippen molar-refractivity contribution < 1.29 is 9.53 Å². The van der Waals surface area contributed by atoms with Crippen LogP contribution in [0.25, 0.3) is 0 Å². The molecule has 24 heavy (non-hydrogen) atoms. The zero-order valence-corrected chi connectivity index (χ0v) is 15.5. The molecule has 1 aromatic carbocycles. The Bertz CT molecular complexity index is 534. The molecular weight excluding hydrogens is 344 g/mol. The van der Waals surface area contributed by atoms with E-state index in [1.807, 2.05) is 28.8 Å². The van der Waals surface area contributed by atoms with Crippen LogP contribution in [0.4, 0.5) is 0 Å². The summed E-state index contributed by atoms with van der Waals surface area (Å²) in [6.45, 7) is 4.80. The molecule has 1 unspecified atom stereocenters. The van der Waals surface area contributed by atoms with E-state index in [0.717, 1.165) is 49.8 Å². The van der Waals surface area contributed by atoms with Crippen LogP contribution in [-0.4, -0.2) is 66.9 Å². The van der Waals surface area contributed by atoms with Crippen LogP contribution >= 0.6 is 23.4 Å². The van der Waals surface area contributed by atoms with E-state index in [2.05, 4.69) is 17.0 Å². The second kappa shape index (κ2) is 9.09. The van der Waals surface area contributed by atoms with Crippen molar-refractivity contribution in [3.63, 3.8) is 0 Å². The van der Waals surface area contributed by atoms with Crippen molar-refractivity contribution in [3.8, 4) is 0 Å². The van der Waals surface area contributed by atoms with Crippen molar-refractivity contribution in [1.82, 2.24) is 9.80 Å². The molecule has 6 heteroatoms. The summed E-state index contributed by atoms with van der Waals surface area (Å²) in [5.41, 5.74) is 0. The topological polar surface area (TPSA) is 32.8 Å². The predicted molar refractivity (Wildman–Crippen MR) is 98.8 cm³/mol. The van der Waals surface area contributed by atoms with E-state index >= 15 is 0 Å². The van der Waals surface area contributed by atoms with Crippen molar-refractivity contribution in [1.29, 1.82) is 0 Å². The van der Waals surface area contributed by atoms with Gasteiger partial charge in [-0.05, 0) is 43.7 Å². The van der Waals surface area contributed by atoms with E-state index in [4.69, 9.17) is 16.3 Å². The lowest BCUT2D eigenvalue weighted by Crippen LogP contribution is -2.53. The second-order valence-corrected chi connectivity index (χ2v) is 7.89. The largest absolute Gasteiger partial charge is 0.378 e. The summed E-state index contributed by atoms with van der Waals surface area (Å²) in [6.07, 6.45) is 3.34. The van der Waals surface area contributed by atoms with E-state index in [9.17, 15) is 4.79 Å². The molecule has 2 aliphatic heterocycles. The molecule has 3 rings (SSSR count). The minimum Gasteiger partial charge on any atom is -0.378 e. The molecule has 1 aromatic rings.